The molecule has 0 bridgehead atoms. The van der Waals surface area contributed by atoms with E-state index in [1.807, 2.05) is 6.92 Å². The van der Waals surface area contributed by atoms with Crippen LogP contribution in [0.4, 0.5) is 0 Å². The van der Waals surface area contributed by atoms with Crippen molar-refractivity contribution in [3.05, 3.63) is 22.8 Å². The summed E-state index contributed by atoms with van der Waals surface area (Å²) in [4.78, 5) is 2.21. The molecule has 1 aliphatic heterocycles. The van der Waals surface area contributed by atoms with Crippen molar-refractivity contribution in [2.75, 3.05) is 27.8 Å². The summed E-state index contributed by atoms with van der Waals surface area (Å²) in [6.45, 7) is 3.74. The van der Waals surface area contributed by atoms with E-state index in [2.05, 4.69) is 18.0 Å². The van der Waals surface area contributed by atoms with Gasteiger partial charge in [-0.25, -0.2) is 0 Å². The van der Waals surface area contributed by atoms with Gasteiger partial charge in [-0.1, -0.05) is 0 Å². The molecule has 17 heavy (non-hydrogen) atoms. The lowest BCUT2D eigenvalue weighted by molar-refractivity contribution is 0.274. The molecule has 2 rings (SSSR count). The van der Waals surface area contributed by atoms with Crippen molar-refractivity contribution < 1.29 is 9.47 Å². The largest absolute Gasteiger partial charge is 0.496 e. The monoisotopic (exact) mass is 236 g/mol. The lowest BCUT2D eigenvalue weighted by atomic mass is 9.92. The SMILES string of the molecule is COc1cc2c(c(OC)c1C)C(N)CN(C)C2. The molecule has 0 saturated carbocycles. The molecule has 0 spiro atoms. The number of likely N-dealkylation sites (N-methyl/N-ethyl adjacent to an activating group) is 1. The molecule has 1 aliphatic rings. The third-order valence-corrected chi connectivity index (χ3v) is 3.35. The van der Waals surface area contributed by atoms with E-state index in [9.17, 15) is 0 Å². The van der Waals surface area contributed by atoms with Crippen LogP contribution in [0.3, 0.4) is 0 Å². The summed E-state index contributed by atoms with van der Waals surface area (Å²) in [7, 11) is 5.44. The van der Waals surface area contributed by atoms with Gasteiger partial charge in [-0.3, -0.25) is 0 Å². The second-order valence-electron chi connectivity index (χ2n) is 4.61. The third kappa shape index (κ3) is 1.98. The average molecular weight is 236 g/mol. The van der Waals surface area contributed by atoms with Crippen LogP contribution in [0.5, 0.6) is 11.5 Å². The van der Waals surface area contributed by atoms with E-state index in [1.165, 1.54) is 5.56 Å². The summed E-state index contributed by atoms with van der Waals surface area (Å²) in [5.41, 5.74) is 9.56. The molecule has 1 atom stereocenters. The van der Waals surface area contributed by atoms with Crippen LogP contribution in [-0.4, -0.2) is 32.7 Å². The van der Waals surface area contributed by atoms with Crippen molar-refractivity contribution in [3.63, 3.8) is 0 Å². The maximum atomic E-state index is 6.21. The molecular formula is C13H20N2O2. The van der Waals surface area contributed by atoms with Crippen molar-refractivity contribution in [2.45, 2.75) is 19.5 Å². The normalized spacial score (nSPS) is 19.9. The van der Waals surface area contributed by atoms with Gasteiger partial charge in [0.25, 0.3) is 0 Å². The number of nitrogens with two attached hydrogens (primary N) is 1. The Morgan fingerprint density at radius 2 is 2.06 bits per heavy atom. The smallest absolute Gasteiger partial charge is 0.130 e. The van der Waals surface area contributed by atoms with Crippen LogP contribution >= 0.6 is 0 Å². The van der Waals surface area contributed by atoms with Gasteiger partial charge in [0.05, 0.1) is 14.2 Å². The number of rotatable bonds is 2. The summed E-state index contributed by atoms with van der Waals surface area (Å²) in [5.74, 6) is 1.74. The molecule has 0 aromatic heterocycles. The number of hydrogen-bond acceptors (Lipinski definition) is 4. The molecular weight excluding hydrogens is 216 g/mol. The first-order valence-electron chi connectivity index (χ1n) is 5.77. The molecule has 2 N–H and O–H groups in total. The lowest BCUT2D eigenvalue weighted by Crippen LogP contribution is -2.35. The first kappa shape index (κ1) is 12.2. The van der Waals surface area contributed by atoms with Gasteiger partial charge in [0, 0.05) is 30.3 Å². The molecule has 4 heteroatoms. The molecule has 1 aromatic carbocycles. The molecule has 1 heterocycles. The first-order valence-corrected chi connectivity index (χ1v) is 5.77. The Morgan fingerprint density at radius 1 is 1.35 bits per heavy atom. The van der Waals surface area contributed by atoms with Crippen molar-refractivity contribution in [2.24, 2.45) is 5.73 Å². The standard InChI is InChI=1S/C13H20N2O2/c1-8-11(16-3)5-9-6-15(2)7-10(14)12(9)13(8)17-4/h5,10H,6-7,14H2,1-4H3. The van der Waals surface area contributed by atoms with Crippen LogP contribution in [0.1, 0.15) is 22.7 Å². The Labute approximate surface area is 102 Å². The van der Waals surface area contributed by atoms with Crippen molar-refractivity contribution >= 4 is 0 Å². The van der Waals surface area contributed by atoms with E-state index in [0.29, 0.717) is 0 Å². The number of hydrogen-bond donors (Lipinski definition) is 1. The van der Waals surface area contributed by atoms with Crippen LogP contribution in [0.25, 0.3) is 0 Å². The topological polar surface area (TPSA) is 47.7 Å². The Hall–Kier alpha value is -1.26. The number of fused-ring (bicyclic) bond motifs is 1. The minimum atomic E-state index is 0.00306. The van der Waals surface area contributed by atoms with Gasteiger partial charge in [-0.2, -0.15) is 0 Å². The van der Waals surface area contributed by atoms with E-state index in [4.69, 9.17) is 15.2 Å². The molecule has 1 aromatic rings. The zero-order valence-electron chi connectivity index (χ0n) is 10.9. The van der Waals surface area contributed by atoms with E-state index < -0.39 is 0 Å². The van der Waals surface area contributed by atoms with Gasteiger partial charge >= 0.3 is 0 Å². The Morgan fingerprint density at radius 3 is 2.65 bits per heavy atom. The molecule has 1 unspecified atom stereocenters. The minimum absolute atomic E-state index is 0.00306. The Bertz CT molecular complexity index is 432. The average Bonchev–Trinajstić information content (AvgIpc) is 2.29. The summed E-state index contributed by atoms with van der Waals surface area (Å²) < 4.78 is 10.9. The van der Waals surface area contributed by atoms with Gasteiger partial charge < -0.3 is 20.1 Å². The summed E-state index contributed by atoms with van der Waals surface area (Å²) in [5, 5.41) is 0. The van der Waals surface area contributed by atoms with Crippen molar-refractivity contribution in [1.82, 2.24) is 4.90 Å². The van der Waals surface area contributed by atoms with Crippen LogP contribution in [0, 0.1) is 6.92 Å². The fraction of sp³-hybridized carbons (Fsp3) is 0.538. The van der Waals surface area contributed by atoms with Gasteiger partial charge in [0.1, 0.15) is 11.5 Å². The van der Waals surface area contributed by atoms with Gasteiger partial charge in [0.15, 0.2) is 0 Å². The van der Waals surface area contributed by atoms with Crippen LogP contribution in [-0.2, 0) is 6.54 Å². The Balaban J connectivity index is 2.62. The third-order valence-electron chi connectivity index (χ3n) is 3.35. The number of methoxy groups -OCH3 is 2. The molecule has 94 valence electrons. The van der Waals surface area contributed by atoms with E-state index >= 15 is 0 Å². The number of nitrogens with zero attached hydrogens (tertiary/aromatic N) is 1. The quantitative estimate of drug-likeness (QED) is 0.844. The summed E-state index contributed by atoms with van der Waals surface area (Å²) >= 11 is 0. The highest BCUT2D eigenvalue weighted by Crippen LogP contribution is 2.39. The molecule has 0 radical (unpaired) electrons. The van der Waals surface area contributed by atoms with Gasteiger partial charge in [0.2, 0.25) is 0 Å². The highest BCUT2D eigenvalue weighted by molar-refractivity contribution is 5.55. The molecule has 0 amide bonds. The summed E-state index contributed by atoms with van der Waals surface area (Å²) in [6.07, 6.45) is 0. The zero-order chi connectivity index (χ0) is 12.6. The van der Waals surface area contributed by atoms with Gasteiger partial charge in [-0.05, 0) is 25.6 Å². The maximum absolute atomic E-state index is 6.21. The minimum Gasteiger partial charge on any atom is -0.496 e. The molecule has 0 fully saturated rings. The fourth-order valence-electron chi connectivity index (χ4n) is 2.60. The van der Waals surface area contributed by atoms with Crippen LogP contribution in [0.2, 0.25) is 0 Å². The fourth-order valence-corrected chi connectivity index (χ4v) is 2.60. The second-order valence-corrected chi connectivity index (χ2v) is 4.61. The van der Waals surface area contributed by atoms with Crippen molar-refractivity contribution in [3.8, 4) is 11.5 Å². The number of ether oxygens (including phenoxy) is 2. The predicted molar refractivity (Wildman–Crippen MR) is 67.5 cm³/mol. The zero-order valence-corrected chi connectivity index (χ0v) is 10.9. The highest BCUT2D eigenvalue weighted by atomic mass is 16.5. The van der Waals surface area contributed by atoms with E-state index in [0.717, 1.165) is 35.7 Å². The molecule has 0 saturated heterocycles. The van der Waals surface area contributed by atoms with E-state index in [-0.39, 0.29) is 6.04 Å². The van der Waals surface area contributed by atoms with Crippen LogP contribution < -0.4 is 15.2 Å². The predicted octanol–water partition coefficient (Wildman–Crippen LogP) is 1.46. The second kappa shape index (κ2) is 4.55. The molecule has 4 nitrogen and oxygen atoms in total. The van der Waals surface area contributed by atoms with Gasteiger partial charge in [-0.15, -0.1) is 0 Å². The van der Waals surface area contributed by atoms with Crippen molar-refractivity contribution in [1.29, 1.82) is 0 Å². The summed E-state index contributed by atoms with van der Waals surface area (Å²) in [6, 6.07) is 2.08. The maximum Gasteiger partial charge on any atom is 0.130 e. The Kier molecular flexibility index (Phi) is 3.26. The first-order chi connectivity index (χ1) is 8.08. The van der Waals surface area contributed by atoms with E-state index in [1.54, 1.807) is 14.2 Å². The highest BCUT2D eigenvalue weighted by Gasteiger charge is 2.26. The lowest BCUT2D eigenvalue weighted by Gasteiger charge is -2.32. The van der Waals surface area contributed by atoms with Crippen LogP contribution in [0.15, 0.2) is 6.07 Å². The number of benzene rings is 1. The molecule has 0 aliphatic carbocycles.